The summed E-state index contributed by atoms with van der Waals surface area (Å²) in [6.07, 6.45) is 9.22. The first kappa shape index (κ1) is 13.2. The van der Waals surface area contributed by atoms with E-state index in [-0.39, 0.29) is 0 Å². The Morgan fingerprint density at radius 3 is 3.00 bits per heavy atom. The second kappa shape index (κ2) is 5.29. The van der Waals surface area contributed by atoms with Gasteiger partial charge in [-0.1, -0.05) is 12.8 Å². The third-order valence-electron chi connectivity index (χ3n) is 4.12. The first-order valence-electron chi connectivity index (χ1n) is 6.81. The number of aryl methyl sites for hydroxylation is 1. The van der Waals surface area contributed by atoms with E-state index in [1.165, 1.54) is 31.2 Å². The molecule has 1 aliphatic rings. The van der Waals surface area contributed by atoms with Gasteiger partial charge in [0.15, 0.2) is 10.4 Å². The van der Waals surface area contributed by atoms with Gasteiger partial charge in [0.25, 0.3) is 0 Å². The van der Waals surface area contributed by atoms with Crippen molar-refractivity contribution >= 4 is 35.1 Å². The molecule has 3 nitrogen and oxygen atoms in total. The van der Waals surface area contributed by atoms with Crippen molar-refractivity contribution in [1.29, 1.82) is 0 Å². The average molecular weight is 293 g/mol. The fourth-order valence-electron chi connectivity index (χ4n) is 3.10. The van der Waals surface area contributed by atoms with E-state index in [1.54, 1.807) is 0 Å². The lowest BCUT2D eigenvalue weighted by molar-refractivity contribution is 0.367. The molecular formula is C14H19N3S2. The summed E-state index contributed by atoms with van der Waals surface area (Å²) in [7, 11) is 0. The van der Waals surface area contributed by atoms with E-state index in [1.807, 2.05) is 24.0 Å². The van der Waals surface area contributed by atoms with Crippen molar-refractivity contribution in [3.8, 4) is 0 Å². The van der Waals surface area contributed by atoms with Crippen molar-refractivity contribution in [2.45, 2.75) is 43.9 Å². The average Bonchev–Trinajstić information content (AvgIpc) is 2.76. The second-order valence-electron chi connectivity index (χ2n) is 5.25. The standard InChI is InChI=1S/C14H19N3S2/c1-9-7-8-15-13-12(9)16-14(18)17(13)10-5-3-4-6-11(10)19-2/h7-8,10-11H,3-6H2,1-2H3,(H,16,18). The number of rotatable bonds is 2. The van der Waals surface area contributed by atoms with Crippen LogP contribution in [0.25, 0.3) is 11.2 Å². The third kappa shape index (κ3) is 2.23. The number of aromatic nitrogens is 3. The van der Waals surface area contributed by atoms with Gasteiger partial charge in [-0.2, -0.15) is 11.8 Å². The Kier molecular flexibility index (Phi) is 3.67. The molecule has 1 N–H and O–H groups in total. The molecule has 0 amide bonds. The van der Waals surface area contributed by atoms with Crippen LogP contribution in [0, 0.1) is 11.7 Å². The summed E-state index contributed by atoms with van der Waals surface area (Å²) < 4.78 is 3.08. The van der Waals surface area contributed by atoms with Crippen LogP contribution in [0.1, 0.15) is 37.3 Å². The molecule has 2 unspecified atom stereocenters. The molecule has 1 saturated carbocycles. The van der Waals surface area contributed by atoms with Gasteiger partial charge in [-0.25, -0.2) is 4.98 Å². The number of H-pyrrole nitrogens is 1. The van der Waals surface area contributed by atoms with Crippen molar-refractivity contribution in [3.63, 3.8) is 0 Å². The predicted octanol–water partition coefficient (Wildman–Crippen LogP) is 4.25. The quantitative estimate of drug-likeness (QED) is 0.840. The highest BCUT2D eigenvalue weighted by Crippen LogP contribution is 2.37. The summed E-state index contributed by atoms with van der Waals surface area (Å²) in [6.45, 7) is 2.10. The molecule has 0 saturated heterocycles. The number of hydrogen-bond acceptors (Lipinski definition) is 3. The molecule has 0 radical (unpaired) electrons. The number of thioether (sulfide) groups is 1. The molecule has 0 aromatic carbocycles. The number of pyridine rings is 1. The normalized spacial score (nSPS) is 23.9. The summed E-state index contributed by atoms with van der Waals surface area (Å²) in [6, 6.07) is 2.52. The lowest BCUT2D eigenvalue weighted by Crippen LogP contribution is -2.25. The molecule has 0 spiro atoms. The number of nitrogens with one attached hydrogen (secondary N) is 1. The molecular weight excluding hydrogens is 274 g/mol. The zero-order valence-corrected chi connectivity index (χ0v) is 13.0. The third-order valence-corrected chi connectivity index (χ3v) is 5.57. The summed E-state index contributed by atoms with van der Waals surface area (Å²) >= 11 is 7.52. The van der Waals surface area contributed by atoms with Crippen molar-refractivity contribution < 1.29 is 0 Å². The summed E-state index contributed by atoms with van der Waals surface area (Å²) in [5, 5.41) is 0.654. The molecule has 5 heteroatoms. The van der Waals surface area contributed by atoms with Gasteiger partial charge in [-0.05, 0) is 49.9 Å². The molecule has 0 bridgehead atoms. The molecule has 1 aliphatic carbocycles. The maximum absolute atomic E-state index is 5.55. The topological polar surface area (TPSA) is 33.6 Å². The molecule has 2 aromatic rings. The van der Waals surface area contributed by atoms with Crippen LogP contribution >= 0.6 is 24.0 Å². The second-order valence-corrected chi connectivity index (χ2v) is 6.72. The fourth-order valence-corrected chi connectivity index (χ4v) is 4.40. The van der Waals surface area contributed by atoms with Crippen LogP contribution in [0.5, 0.6) is 0 Å². The van der Waals surface area contributed by atoms with Crippen molar-refractivity contribution in [3.05, 3.63) is 22.6 Å². The van der Waals surface area contributed by atoms with Gasteiger partial charge in [0.1, 0.15) is 0 Å². The van der Waals surface area contributed by atoms with Crippen LogP contribution in [0.15, 0.2) is 12.3 Å². The Morgan fingerprint density at radius 2 is 2.21 bits per heavy atom. The van der Waals surface area contributed by atoms with Crippen molar-refractivity contribution in [2.75, 3.05) is 6.26 Å². The number of fused-ring (bicyclic) bond motifs is 1. The number of aromatic amines is 1. The SMILES string of the molecule is CSC1CCCCC1n1c(=S)[nH]c2c(C)ccnc21. The van der Waals surface area contributed by atoms with E-state index in [4.69, 9.17) is 12.2 Å². The molecule has 102 valence electrons. The Hall–Kier alpha value is -0.810. The maximum atomic E-state index is 5.55. The smallest absolute Gasteiger partial charge is 0.179 e. The highest BCUT2D eigenvalue weighted by atomic mass is 32.2. The number of nitrogens with zero attached hydrogens (tertiary/aromatic N) is 2. The van der Waals surface area contributed by atoms with E-state index in [0.29, 0.717) is 11.3 Å². The summed E-state index contributed by atoms with van der Waals surface area (Å²) in [5.41, 5.74) is 3.33. The molecule has 3 rings (SSSR count). The Bertz CT molecular complexity index is 644. The monoisotopic (exact) mass is 293 g/mol. The fraction of sp³-hybridized carbons (Fsp3) is 0.571. The van der Waals surface area contributed by atoms with Crippen molar-refractivity contribution in [2.24, 2.45) is 0 Å². The van der Waals surface area contributed by atoms with Gasteiger partial charge < -0.3 is 4.98 Å². The Balaban J connectivity index is 2.16. The summed E-state index contributed by atoms with van der Waals surface area (Å²) in [4.78, 5) is 7.91. The van der Waals surface area contributed by atoms with E-state index in [0.717, 1.165) is 15.9 Å². The minimum absolute atomic E-state index is 0.485. The summed E-state index contributed by atoms with van der Waals surface area (Å²) in [5.74, 6) is 0. The first-order chi connectivity index (χ1) is 9.22. The zero-order valence-electron chi connectivity index (χ0n) is 11.3. The molecule has 2 aromatic heterocycles. The van der Waals surface area contributed by atoms with Crippen LogP contribution in [0.3, 0.4) is 0 Å². The lowest BCUT2D eigenvalue weighted by Gasteiger charge is -2.31. The number of imidazole rings is 1. The van der Waals surface area contributed by atoms with Crippen LogP contribution in [-0.2, 0) is 0 Å². The molecule has 2 heterocycles. The van der Waals surface area contributed by atoms with Gasteiger partial charge >= 0.3 is 0 Å². The van der Waals surface area contributed by atoms with E-state index < -0.39 is 0 Å². The first-order valence-corrected chi connectivity index (χ1v) is 8.50. The van der Waals surface area contributed by atoms with Crippen LogP contribution in [-0.4, -0.2) is 26.0 Å². The Labute approximate surface area is 122 Å². The highest BCUT2D eigenvalue weighted by molar-refractivity contribution is 7.99. The van der Waals surface area contributed by atoms with Gasteiger partial charge in [0, 0.05) is 17.5 Å². The van der Waals surface area contributed by atoms with Gasteiger partial charge in [0.05, 0.1) is 5.52 Å². The minimum atomic E-state index is 0.485. The molecule has 0 aliphatic heterocycles. The van der Waals surface area contributed by atoms with Gasteiger partial charge in [0.2, 0.25) is 0 Å². The van der Waals surface area contributed by atoms with E-state index in [9.17, 15) is 0 Å². The molecule has 19 heavy (non-hydrogen) atoms. The van der Waals surface area contributed by atoms with E-state index in [2.05, 4.69) is 27.7 Å². The lowest BCUT2D eigenvalue weighted by atomic mass is 9.94. The Morgan fingerprint density at radius 1 is 1.42 bits per heavy atom. The van der Waals surface area contributed by atoms with E-state index >= 15 is 0 Å². The van der Waals surface area contributed by atoms with Crippen LogP contribution < -0.4 is 0 Å². The zero-order chi connectivity index (χ0) is 13.4. The van der Waals surface area contributed by atoms with Gasteiger partial charge in [-0.3, -0.25) is 4.57 Å². The van der Waals surface area contributed by atoms with Crippen LogP contribution in [0.2, 0.25) is 0 Å². The maximum Gasteiger partial charge on any atom is 0.179 e. The molecule has 1 fully saturated rings. The van der Waals surface area contributed by atoms with Crippen LogP contribution in [0.4, 0.5) is 0 Å². The minimum Gasteiger partial charge on any atom is -0.329 e. The van der Waals surface area contributed by atoms with Gasteiger partial charge in [-0.15, -0.1) is 0 Å². The predicted molar refractivity (Wildman–Crippen MR) is 84.5 cm³/mol. The number of hydrogen-bond donors (Lipinski definition) is 1. The molecule has 2 atom stereocenters. The largest absolute Gasteiger partial charge is 0.329 e. The van der Waals surface area contributed by atoms with Crippen molar-refractivity contribution in [1.82, 2.24) is 14.5 Å². The highest BCUT2D eigenvalue weighted by Gasteiger charge is 2.28.